The van der Waals surface area contributed by atoms with Crippen molar-refractivity contribution >= 4 is 23.1 Å². The van der Waals surface area contributed by atoms with Crippen molar-refractivity contribution in [3.63, 3.8) is 0 Å². The first-order valence-corrected chi connectivity index (χ1v) is 6.61. The second-order valence-electron chi connectivity index (χ2n) is 4.87. The largest absolute Gasteiger partial charge is 0.446 e. The molecule has 1 fully saturated rings. The molecule has 0 unspecified atom stereocenters. The molecule has 0 saturated carbocycles. The molecule has 2 aromatic heterocycles. The number of amides is 1. The van der Waals surface area contributed by atoms with E-state index in [4.69, 9.17) is 21.1 Å². The van der Waals surface area contributed by atoms with Crippen molar-refractivity contribution in [2.24, 2.45) is 5.84 Å². The van der Waals surface area contributed by atoms with Crippen molar-refractivity contribution in [3.05, 3.63) is 12.7 Å². The van der Waals surface area contributed by atoms with Crippen LogP contribution < -0.4 is 17.0 Å². The van der Waals surface area contributed by atoms with Gasteiger partial charge in [0, 0.05) is 0 Å². The van der Waals surface area contributed by atoms with Crippen LogP contribution in [0.15, 0.2) is 12.7 Å². The number of fused-ring (bicyclic) bond motifs is 1. The van der Waals surface area contributed by atoms with Gasteiger partial charge in [0.1, 0.15) is 36.8 Å². The summed E-state index contributed by atoms with van der Waals surface area (Å²) in [5, 5.41) is 20.2. The number of hydrogen-bond donors (Lipinski definition) is 5. The Morgan fingerprint density at radius 3 is 2.91 bits per heavy atom. The van der Waals surface area contributed by atoms with Gasteiger partial charge in [0.2, 0.25) is 0 Å². The number of nitrogens with one attached hydrogen (secondary N) is 1. The summed E-state index contributed by atoms with van der Waals surface area (Å²) >= 11 is 0. The first kappa shape index (κ1) is 15.4. The number of aliphatic hydroxyl groups is 2. The number of nitrogen functional groups attached to an aromatic ring is 1. The van der Waals surface area contributed by atoms with Crippen LogP contribution in [0.3, 0.4) is 0 Å². The Balaban J connectivity index is 1.82. The number of carbonyl (C=O) groups excluding carboxylic acids is 1. The maximum atomic E-state index is 11.0. The summed E-state index contributed by atoms with van der Waals surface area (Å²) in [4.78, 5) is 22.9. The van der Waals surface area contributed by atoms with Gasteiger partial charge in [0.15, 0.2) is 17.7 Å². The summed E-state index contributed by atoms with van der Waals surface area (Å²) in [6, 6.07) is 0. The van der Waals surface area contributed by atoms with Gasteiger partial charge in [-0.05, 0) is 0 Å². The fourth-order valence-electron chi connectivity index (χ4n) is 2.35. The fraction of sp³-hybridized carbons (Fsp3) is 0.455. The first-order chi connectivity index (χ1) is 11.0. The van der Waals surface area contributed by atoms with Crippen LogP contribution in [0.5, 0.6) is 0 Å². The topological polar surface area (TPSA) is 184 Å². The smallest absolute Gasteiger partial charge is 0.421 e. The summed E-state index contributed by atoms with van der Waals surface area (Å²) in [6.07, 6.45) is -2.73. The Hall–Kier alpha value is -2.54. The highest BCUT2D eigenvalue weighted by atomic mass is 16.6. The minimum Gasteiger partial charge on any atom is -0.446 e. The van der Waals surface area contributed by atoms with E-state index in [1.165, 1.54) is 17.2 Å². The molecule has 1 aliphatic heterocycles. The van der Waals surface area contributed by atoms with E-state index in [9.17, 15) is 15.0 Å². The zero-order valence-corrected chi connectivity index (χ0v) is 11.7. The van der Waals surface area contributed by atoms with Crippen molar-refractivity contribution in [3.8, 4) is 0 Å². The summed E-state index contributed by atoms with van der Waals surface area (Å²) in [5.74, 6) is 5.07. The molecule has 3 heterocycles. The van der Waals surface area contributed by atoms with Crippen molar-refractivity contribution in [2.45, 2.75) is 24.5 Å². The molecule has 0 bridgehead atoms. The lowest BCUT2D eigenvalue weighted by Gasteiger charge is -2.16. The van der Waals surface area contributed by atoms with Crippen molar-refractivity contribution in [2.75, 3.05) is 12.3 Å². The van der Waals surface area contributed by atoms with Crippen LogP contribution in [0.4, 0.5) is 10.6 Å². The molecule has 1 amide bonds. The Morgan fingerprint density at radius 1 is 1.39 bits per heavy atom. The Bertz CT molecular complexity index is 722. The Labute approximate surface area is 129 Å². The van der Waals surface area contributed by atoms with E-state index in [0.29, 0.717) is 11.2 Å². The van der Waals surface area contributed by atoms with Gasteiger partial charge in [-0.3, -0.25) is 9.99 Å². The predicted octanol–water partition coefficient (Wildman–Crippen LogP) is -2.37. The lowest BCUT2D eigenvalue weighted by molar-refractivity contribution is -0.0533. The highest BCUT2D eigenvalue weighted by Crippen LogP contribution is 2.32. The maximum Gasteiger partial charge on any atom is 0.421 e. The van der Waals surface area contributed by atoms with Gasteiger partial charge in [-0.1, -0.05) is 0 Å². The molecule has 0 aromatic carbocycles. The number of nitrogens with zero attached hydrogens (tertiary/aromatic N) is 4. The normalized spacial score (nSPS) is 27.3. The minimum atomic E-state index is -1.28. The third kappa shape index (κ3) is 2.63. The van der Waals surface area contributed by atoms with E-state index >= 15 is 0 Å². The lowest BCUT2D eigenvalue weighted by atomic mass is 10.1. The van der Waals surface area contributed by atoms with Crippen LogP contribution in [0, 0.1) is 0 Å². The molecule has 0 spiro atoms. The van der Waals surface area contributed by atoms with Crippen LogP contribution >= 0.6 is 0 Å². The number of aliphatic hydroxyl groups excluding tert-OH is 2. The van der Waals surface area contributed by atoms with Gasteiger partial charge in [-0.15, -0.1) is 0 Å². The van der Waals surface area contributed by atoms with Gasteiger partial charge in [0.05, 0.1) is 6.33 Å². The van der Waals surface area contributed by atoms with Gasteiger partial charge in [0.25, 0.3) is 0 Å². The van der Waals surface area contributed by atoms with E-state index in [2.05, 4.69) is 15.0 Å². The standard InChI is InChI=1S/C11H15N7O5/c12-8-5-9(15-2-14-8)18(3-16-5)10-7(20)6(19)4(23-10)1-22-11(21)17-13/h2-4,6-7,10,19-20H,1,13H2,(H,17,21)(H2,12,14,15)/t4-,6-,7-,10-/m1/s1. The van der Waals surface area contributed by atoms with Crippen molar-refractivity contribution < 1.29 is 24.5 Å². The third-order valence-corrected chi connectivity index (χ3v) is 3.49. The molecule has 23 heavy (non-hydrogen) atoms. The number of imidazole rings is 1. The molecule has 0 aliphatic carbocycles. The SMILES string of the molecule is NNC(=O)OC[C@H]1O[C@@H](n2cnc3c(N)ncnc32)[C@H](O)[C@@H]1O. The van der Waals surface area contributed by atoms with E-state index in [1.807, 2.05) is 0 Å². The predicted molar refractivity (Wildman–Crippen MR) is 74.3 cm³/mol. The van der Waals surface area contributed by atoms with Gasteiger partial charge in [-0.2, -0.15) is 0 Å². The fourth-order valence-corrected chi connectivity index (χ4v) is 2.35. The summed E-state index contributed by atoms with van der Waals surface area (Å²) in [7, 11) is 0. The number of aromatic nitrogens is 4. The lowest BCUT2D eigenvalue weighted by Crippen LogP contribution is -2.37. The van der Waals surface area contributed by atoms with Gasteiger partial charge in [-0.25, -0.2) is 25.6 Å². The zero-order valence-electron chi connectivity index (χ0n) is 11.7. The summed E-state index contributed by atoms with van der Waals surface area (Å²) < 4.78 is 11.7. The molecular weight excluding hydrogens is 310 g/mol. The number of anilines is 1. The third-order valence-electron chi connectivity index (χ3n) is 3.49. The second kappa shape index (κ2) is 5.92. The highest BCUT2D eigenvalue weighted by molar-refractivity contribution is 5.81. The summed E-state index contributed by atoms with van der Waals surface area (Å²) in [6.45, 7) is -0.290. The highest BCUT2D eigenvalue weighted by Gasteiger charge is 2.44. The number of ether oxygens (including phenoxy) is 2. The number of carbonyl (C=O) groups is 1. The molecule has 124 valence electrons. The molecule has 1 aliphatic rings. The number of rotatable bonds is 3. The van der Waals surface area contributed by atoms with Gasteiger partial charge >= 0.3 is 6.09 Å². The second-order valence-corrected chi connectivity index (χ2v) is 4.87. The molecule has 7 N–H and O–H groups in total. The van der Waals surface area contributed by atoms with Crippen LogP contribution in [-0.4, -0.2) is 60.7 Å². The molecule has 12 heteroatoms. The van der Waals surface area contributed by atoms with E-state index < -0.39 is 30.6 Å². The van der Waals surface area contributed by atoms with Crippen LogP contribution in [0.25, 0.3) is 11.2 Å². The molecule has 2 aromatic rings. The molecule has 1 saturated heterocycles. The van der Waals surface area contributed by atoms with E-state index in [0.717, 1.165) is 0 Å². The van der Waals surface area contributed by atoms with Crippen LogP contribution in [0.1, 0.15) is 6.23 Å². The van der Waals surface area contributed by atoms with E-state index in [1.54, 1.807) is 5.43 Å². The molecular formula is C11H15N7O5. The number of hydrogen-bond acceptors (Lipinski definition) is 10. The Morgan fingerprint density at radius 2 is 2.17 bits per heavy atom. The molecule has 3 rings (SSSR count). The van der Waals surface area contributed by atoms with Gasteiger partial charge < -0.3 is 25.4 Å². The van der Waals surface area contributed by atoms with E-state index in [-0.39, 0.29) is 12.4 Å². The average molecular weight is 325 g/mol. The quantitative estimate of drug-likeness (QED) is 0.232. The first-order valence-electron chi connectivity index (χ1n) is 6.61. The average Bonchev–Trinajstić information content (AvgIpc) is 3.09. The van der Waals surface area contributed by atoms with Crippen LogP contribution in [0.2, 0.25) is 0 Å². The molecule has 12 nitrogen and oxygen atoms in total. The molecule has 0 radical (unpaired) electrons. The van der Waals surface area contributed by atoms with Crippen molar-refractivity contribution in [1.82, 2.24) is 24.9 Å². The minimum absolute atomic E-state index is 0.182. The Kier molecular flexibility index (Phi) is 3.96. The maximum absolute atomic E-state index is 11.0. The monoisotopic (exact) mass is 325 g/mol. The molecule has 4 atom stereocenters. The van der Waals surface area contributed by atoms with Crippen LogP contribution in [-0.2, 0) is 9.47 Å². The summed E-state index contributed by atoms with van der Waals surface area (Å²) in [5.41, 5.74) is 8.16. The number of nitrogens with two attached hydrogens (primary N) is 2. The zero-order chi connectivity index (χ0) is 16.6. The van der Waals surface area contributed by atoms with Crippen molar-refractivity contribution in [1.29, 1.82) is 0 Å². The number of hydrazine groups is 1.